The van der Waals surface area contributed by atoms with Crippen LogP contribution in [0.4, 0.5) is 4.39 Å². The molecule has 0 saturated heterocycles. The van der Waals surface area contributed by atoms with Crippen molar-refractivity contribution in [1.29, 1.82) is 0 Å². The Morgan fingerprint density at radius 3 is 2.54 bits per heavy atom. The van der Waals surface area contributed by atoms with Crippen molar-refractivity contribution < 1.29 is 27.0 Å². The molecule has 2 aliphatic rings. The summed E-state index contributed by atoms with van der Waals surface area (Å²) in [5.74, 6) is 1.50. The van der Waals surface area contributed by atoms with Gasteiger partial charge in [-0.25, -0.2) is 22.2 Å². The van der Waals surface area contributed by atoms with E-state index >= 15 is 0 Å². The van der Waals surface area contributed by atoms with Crippen LogP contribution in [0.1, 0.15) is 31.4 Å². The molecule has 1 saturated carbocycles. The van der Waals surface area contributed by atoms with Crippen molar-refractivity contribution in [3.05, 3.63) is 78.2 Å². The quantitative estimate of drug-likeness (QED) is 0.365. The third-order valence-corrected chi connectivity index (χ3v) is 8.59. The summed E-state index contributed by atoms with van der Waals surface area (Å²) in [5.41, 5.74) is 2.33. The first-order chi connectivity index (χ1) is 17.9. The maximum atomic E-state index is 13.4. The van der Waals surface area contributed by atoms with E-state index in [4.69, 9.17) is 14.2 Å². The van der Waals surface area contributed by atoms with Crippen LogP contribution in [0.3, 0.4) is 0 Å². The molecule has 1 aliphatic heterocycles. The van der Waals surface area contributed by atoms with Gasteiger partial charge in [-0.15, -0.1) is 0 Å². The van der Waals surface area contributed by atoms with Gasteiger partial charge in [-0.05, 0) is 79.9 Å². The molecule has 1 fully saturated rings. The van der Waals surface area contributed by atoms with Gasteiger partial charge >= 0.3 is 0 Å². The van der Waals surface area contributed by atoms with Gasteiger partial charge in [-0.3, -0.25) is 0 Å². The standard InChI is InChI=1S/C27H26FN3O5S/c1-17(30-37(32,33)23-8-9-23)27(18-2-11-25-26(15-18)35-13-12-34-25)36-22-7-10-24-19(14-22)16-29-31(24)21-5-3-20(28)4-6-21/h2-7,10-11,14-17,23,27,30H,8-9,12-13H2,1H3/t17-,27+/m0/s1. The fraction of sp³-hybridized carbons (Fsp3) is 0.296. The van der Waals surface area contributed by atoms with Crippen molar-refractivity contribution in [2.45, 2.75) is 37.2 Å². The van der Waals surface area contributed by atoms with Crippen LogP contribution in [0.15, 0.2) is 66.9 Å². The highest BCUT2D eigenvalue weighted by molar-refractivity contribution is 7.90. The summed E-state index contributed by atoms with van der Waals surface area (Å²) in [6, 6.07) is 16.6. The van der Waals surface area contributed by atoms with Crippen LogP contribution in [-0.4, -0.2) is 42.7 Å². The molecule has 1 N–H and O–H groups in total. The lowest BCUT2D eigenvalue weighted by Crippen LogP contribution is -2.40. The molecule has 0 unspecified atom stereocenters. The summed E-state index contributed by atoms with van der Waals surface area (Å²) in [7, 11) is -3.44. The Morgan fingerprint density at radius 2 is 1.78 bits per heavy atom. The van der Waals surface area contributed by atoms with Crippen LogP contribution in [-0.2, 0) is 10.0 Å². The summed E-state index contributed by atoms with van der Waals surface area (Å²) in [6.07, 6.45) is 2.43. The minimum Gasteiger partial charge on any atom is -0.486 e. The van der Waals surface area contributed by atoms with E-state index in [1.807, 2.05) is 36.4 Å². The van der Waals surface area contributed by atoms with Gasteiger partial charge in [0.05, 0.1) is 28.7 Å². The van der Waals surface area contributed by atoms with Gasteiger partial charge in [-0.2, -0.15) is 5.10 Å². The molecule has 0 spiro atoms. The second-order valence-corrected chi connectivity index (χ2v) is 11.3. The van der Waals surface area contributed by atoms with Crippen molar-refractivity contribution in [3.8, 4) is 22.9 Å². The Hall–Kier alpha value is -3.63. The number of ether oxygens (including phenoxy) is 3. The number of nitrogens with zero attached hydrogens (tertiary/aromatic N) is 2. The fourth-order valence-corrected chi connectivity index (χ4v) is 6.10. The first-order valence-electron chi connectivity index (χ1n) is 12.2. The largest absolute Gasteiger partial charge is 0.486 e. The number of hydrogen-bond donors (Lipinski definition) is 1. The molecule has 0 bridgehead atoms. The summed E-state index contributed by atoms with van der Waals surface area (Å²) >= 11 is 0. The average Bonchev–Trinajstić information content (AvgIpc) is 3.68. The first kappa shape index (κ1) is 23.7. The number of nitrogens with one attached hydrogen (secondary N) is 1. The molecule has 0 radical (unpaired) electrons. The van der Waals surface area contributed by atoms with Crippen LogP contribution in [0, 0.1) is 5.82 Å². The maximum Gasteiger partial charge on any atom is 0.214 e. The highest BCUT2D eigenvalue weighted by atomic mass is 32.2. The number of benzene rings is 3. The highest BCUT2D eigenvalue weighted by Crippen LogP contribution is 2.36. The Morgan fingerprint density at radius 1 is 1.03 bits per heavy atom. The molecule has 2 atom stereocenters. The van der Waals surface area contributed by atoms with Gasteiger partial charge in [0.15, 0.2) is 11.5 Å². The molecule has 10 heteroatoms. The summed E-state index contributed by atoms with van der Waals surface area (Å²) < 4.78 is 61.1. The van der Waals surface area contributed by atoms with E-state index in [0.29, 0.717) is 43.3 Å². The lowest BCUT2D eigenvalue weighted by Gasteiger charge is -2.28. The molecule has 1 aromatic heterocycles. The monoisotopic (exact) mass is 523 g/mol. The lowest BCUT2D eigenvalue weighted by atomic mass is 10.0. The molecule has 8 nitrogen and oxygen atoms in total. The molecule has 2 heterocycles. The zero-order valence-electron chi connectivity index (χ0n) is 20.1. The average molecular weight is 524 g/mol. The van der Waals surface area contributed by atoms with Crippen molar-refractivity contribution in [2.24, 2.45) is 0 Å². The van der Waals surface area contributed by atoms with Gasteiger partial charge in [-0.1, -0.05) is 6.07 Å². The molecule has 3 aromatic carbocycles. The minimum absolute atomic E-state index is 0.312. The Kier molecular flexibility index (Phi) is 6.00. The zero-order valence-corrected chi connectivity index (χ0v) is 20.9. The van der Waals surface area contributed by atoms with Gasteiger partial charge in [0.25, 0.3) is 0 Å². The third-order valence-electron chi connectivity index (χ3n) is 6.54. The normalized spacial score (nSPS) is 16.9. The Balaban J connectivity index is 1.32. The predicted molar refractivity (Wildman–Crippen MR) is 136 cm³/mol. The van der Waals surface area contributed by atoms with E-state index < -0.39 is 22.2 Å². The van der Waals surface area contributed by atoms with Gasteiger partial charge in [0, 0.05) is 5.39 Å². The van der Waals surface area contributed by atoms with Gasteiger partial charge < -0.3 is 14.2 Å². The van der Waals surface area contributed by atoms with E-state index in [1.54, 1.807) is 29.9 Å². The molecule has 4 aromatic rings. The number of fused-ring (bicyclic) bond motifs is 2. The SMILES string of the molecule is C[C@H](NS(=O)(=O)C1CC1)[C@@H](Oc1ccc2c(cnn2-c2ccc(F)cc2)c1)c1ccc2c(c1)OCCO2. The zero-order chi connectivity index (χ0) is 25.6. The third kappa shape index (κ3) is 4.86. The van der Waals surface area contributed by atoms with Crippen molar-refractivity contribution >= 4 is 20.9 Å². The van der Waals surface area contributed by atoms with Crippen LogP contribution in [0.5, 0.6) is 17.2 Å². The molecule has 1 aliphatic carbocycles. The van der Waals surface area contributed by atoms with Crippen molar-refractivity contribution in [1.82, 2.24) is 14.5 Å². The Bertz CT molecular complexity index is 1550. The number of hydrogen-bond acceptors (Lipinski definition) is 6. The lowest BCUT2D eigenvalue weighted by molar-refractivity contribution is 0.162. The van der Waals surface area contributed by atoms with E-state index in [-0.39, 0.29) is 11.1 Å². The number of rotatable bonds is 8. The number of aromatic nitrogens is 2. The van der Waals surface area contributed by atoms with Crippen LogP contribution in [0.2, 0.25) is 0 Å². The van der Waals surface area contributed by atoms with Crippen LogP contribution >= 0.6 is 0 Å². The first-order valence-corrected chi connectivity index (χ1v) is 13.7. The number of halogens is 1. The predicted octanol–water partition coefficient (Wildman–Crippen LogP) is 4.53. The van der Waals surface area contributed by atoms with Crippen LogP contribution < -0.4 is 18.9 Å². The second-order valence-electron chi connectivity index (χ2n) is 9.35. The highest BCUT2D eigenvalue weighted by Gasteiger charge is 2.38. The van der Waals surface area contributed by atoms with Crippen molar-refractivity contribution in [2.75, 3.05) is 13.2 Å². The van der Waals surface area contributed by atoms with E-state index in [1.165, 1.54) is 12.1 Å². The fourth-order valence-electron chi connectivity index (χ4n) is 4.51. The summed E-state index contributed by atoms with van der Waals surface area (Å²) in [5, 5.41) is 4.93. The molecule has 6 rings (SSSR count). The number of sulfonamides is 1. The van der Waals surface area contributed by atoms with E-state index in [0.717, 1.165) is 22.2 Å². The molecule has 37 heavy (non-hydrogen) atoms. The summed E-state index contributed by atoms with van der Waals surface area (Å²) in [4.78, 5) is 0. The van der Waals surface area contributed by atoms with E-state index in [9.17, 15) is 12.8 Å². The molecular weight excluding hydrogens is 497 g/mol. The maximum absolute atomic E-state index is 13.4. The van der Waals surface area contributed by atoms with E-state index in [2.05, 4.69) is 9.82 Å². The minimum atomic E-state index is -3.44. The second kappa shape index (κ2) is 9.35. The summed E-state index contributed by atoms with van der Waals surface area (Å²) in [6.45, 7) is 2.72. The topological polar surface area (TPSA) is 91.7 Å². The molecule has 192 valence electrons. The van der Waals surface area contributed by atoms with Gasteiger partial charge in [0.2, 0.25) is 10.0 Å². The van der Waals surface area contributed by atoms with Gasteiger partial charge in [0.1, 0.15) is 30.9 Å². The smallest absolute Gasteiger partial charge is 0.214 e. The Labute approximate surface area is 214 Å². The van der Waals surface area contributed by atoms with Crippen molar-refractivity contribution in [3.63, 3.8) is 0 Å². The molecule has 0 amide bonds. The molecular formula is C27H26FN3O5S. The van der Waals surface area contributed by atoms with Crippen LogP contribution in [0.25, 0.3) is 16.6 Å².